The van der Waals surface area contributed by atoms with Crippen molar-refractivity contribution in [2.45, 2.75) is 31.1 Å². The first-order valence-electron chi connectivity index (χ1n) is 8.91. The van der Waals surface area contributed by atoms with Crippen molar-refractivity contribution in [3.8, 4) is 0 Å². The van der Waals surface area contributed by atoms with E-state index < -0.39 is 21.7 Å². The number of nitrogens with one attached hydrogen (secondary N) is 2. The van der Waals surface area contributed by atoms with Gasteiger partial charge in [0, 0.05) is 24.8 Å². The van der Waals surface area contributed by atoms with E-state index in [2.05, 4.69) is 10.6 Å². The van der Waals surface area contributed by atoms with Gasteiger partial charge in [-0.1, -0.05) is 12.5 Å². The minimum Gasteiger partial charge on any atom is -0.332 e. The molecule has 0 amide bonds. The SMILES string of the molecule is Cc1ccc(NC(=S)Nc2ccc(F)cc2F)cc1S(=O)(=O)N1CCCCC1. The van der Waals surface area contributed by atoms with Gasteiger partial charge < -0.3 is 10.6 Å². The van der Waals surface area contributed by atoms with E-state index in [1.165, 1.54) is 16.4 Å². The topological polar surface area (TPSA) is 61.4 Å². The van der Waals surface area contributed by atoms with Gasteiger partial charge in [-0.25, -0.2) is 17.2 Å². The van der Waals surface area contributed by atoms with Crippen LogP contribution in [0, 0.1) is 18.6 Å². The molecule has 0 aliphatic carbocycles. The van der Waals surface area contributed by atoms with Crippen LogP contribution in [-0.4, -0.2) is 30.9 Å². The summed E-state index contributed by atoms with van der Waals surface area (Å²) < 4.78 is 54.2. The molecule has 1 heterocycles. The molecule has 1 aliphatic heterocycles. The molecule has 0 radical (unpaired) electrons. The number of hydrogen-bond donors (Lipinski definition) is 2. The molecule has 5 nitrogen and oxygen atoms in total. The van der Waals surface area contributed by atoms with E-state index in [4.69, 9.17) is 12.2 Å². The summed E-state index contributed by atoms with van der Waals surface area (Å²) in [6.45, 7) is 2.78. The van der Waals surface area contributed by atoms with Crippen molar-refractivity contribution in [3.05, 3.63) is 53.6 Å². The molecule has 1 fully saturated rings. The molecule has 28 heavy (non-hydrogen) atoms. The largest absolute Gasteiger partial charge is 0.332 e. The van der Waals surface area contributed by atoms with E-state index in [1.807, 2.05) is 0 Å². The minimum atomic E-state index is -3.59. The summed E-state index contributed by atoms with van der Waals surface area (Å²) >= 11 is 5.16. The Labute approximate surface area is 168 Å². The minimum absolute atomic E-state index is 0.0205. The van der Waals surface area contributed by atoms with Gasteiger partial charge in [-0.3, -0.25) is 0 Å². The van der Waals surface area contributed by atoms with Gasteiger partial charge in [-0.15, -0.1) is 0 Å². The number of anilines is 2. The van der Waals surface area contributed by atoms with Crippen LogP contribution in [0.15, 0.2) is 41.3 Å². The van der Waals surface area contributed by atoms with Crippen molar-refractivity contribution in [3.63, 3.8) is 0 Å². The number of nitrogens with zero attached hydrogens (tertiary/aromatic N) is 1. The molecule has 3 rings (SSSR count). The second kappa shape index (κ2) is 8.50. The van der Waals surface area contributed by atoms with Gasteiger partial charge in [0.25, 0.3) is 0 Å². The summed E-state index contributed by atoms with van der Waals surface area (Å²) in [5.74, 6) is -1.46. The molecule has 0 spiro atoms. The first-order chi connectivity index (χ1) is 13.3. The highest BCUT2D eigenvalue weighted by atomic mass is 32.2. The fraction of sp³-hybridized carbons (Fsp3) is 0.316. The standard InChI is InChI=1S/C19H21F2N3O2S2/c1-13-5-7-15(12-18(13)28(25,26)24-9-3-2-4-10-24)22-19(27)23-17-8-6-14(20)11-16(17)21/h5-8,11-12H,2-4,9-10H2,1H3,(H2,22,23,27). The molecule has 2 N–H and O–H groups in total. The lowest BCUT2D eigenvalue weighted by Gasteiger charge is -2.26. The lowest BCUT2D eigenvalue weighted by molar-refractivity contribution is 0.346. The fourth-order valence-electron chi connectivity index (χ4n) is 3.08. The third kappa shape index (κ3) is 4.65. The molecule has 0 unspecified atom stereocenters. The average molecular weight is 426 g/mol. The Kier molecular flexibility index (Phi) is 6.26. The summed E-state index contributed by atoms with van der Waals surface area (Å²) in [5.41, 5.74) is 1.12. The number of hydrogen-bond acceptors (Lipinski definition) is 3. The molecule has 9 heteroatoms. The number of sulfonamides is 1. The average Bonchev–Trinajstić information content (AvgIpc) is 2.66. The Morgan fingerprint density at radius 2 is 1.75 bits per heavy atom. The maximum absolute atomic E-state index is 13.8. The molecule has 0 atom stereocenters. The molecule has 0 saturated carbocycles. The number of halogens is 2. The van der Waals surface area contributed by atoms with E-state index in [1.54, 1.807) is 19.1 Å². The van der Waals surface area contributed by atoms with Crippen LogP contribution in [0.1, 0.15) is 24.8 Å². The Balaban J connectivity index is 1.78. The van der Waals surface area contributed by atoms with Crippen molar-refractivity contribution in [2.24, 2.45) is 0 Å². The fourth-order valence-corrected chi connectivity index (χ4v) is 5.07. The summed E-state index contributed by atoms with van der Waals surface area (Å²) in [5, 5.41) is 5.56. The Bertz CT molecular complexity index is 991. The monoisotopic (exact) mass is 425 g/mol. The van der Waals surface area contributed by atoms with Gasteiger partial charge in [0.2, 0.25) is 10.0 Å². The van der Waals surface area contributed by atoms with Crippen LogP contribution in [0.4, 0.5) is 20.2 Å². The van der Waals surface area contributed by atoms with E-state index in [0.717, 1.165) is 31.4 Å². The normalized spacial score (nSPS) is 15.2. The number of aryl methyl sites for hydroxylation is 1. The van der Waals surface area contributed by atoms with Crippen molar-refractivity contribution >= 4 is 38.7 Å². The predicted octanol–water partition coefficient (Wildman–Crippen LogP) is 4.26. The lowest BCUT2D eigenvalue weighted by atomic mass is 10.2. The molecule has 1 saturated heterocycles. The van der Waals surface area contributed by atoms with Crippen molar-refractivity contribution in [1.29, 1.82) is 0 Å². The van der Waals surface area contributed by atoms with E-state index in [-0.39, 0.29) is 15.7 Å². The number of piperidine rings is 1. The predicted molar refractivity (Wildman–Crippen MR) is 110 cm³/mol. The van der Waals surface area contributed by atoms with Crippen LogP contribution in [-0.2, 0) is 10.0 Å². The van der Waals surface area contributed by atoms with Crippen molar-refractivity contribution in [1.82, 2.24) is 4.31 Å². The molecule has 0 bridgehead atoms. The van der Waals surface area contributed by atoms with Crippen molar-refractivity contribution < 1.29 is 17.2 Å². The molecular formula is C19H21F2N3O2S2. The van der Waals surface area contributed by atoms with Crippen LogP contribution in [0.2, 0.25) is 0 Å². The van der Waals surface area contributed by atoms with Gasteiger partial charge in [0.1, 0.15) is 11.6 Å². The zero-order chi connectivity index (χ0) is 20.3. The molecular weight excluding hydrogens is 404 g/mol. The highest BCUT2D eigenvalue weighted by molar-refractivity contribution is 7.89. The Morgan fingerprint density at radius 3 is 2.43 bits per heavy atom. The van der Waals surface area contributed by atoms with Gasteiger partial charge in [-0.2, -0.15) is 4.31 Å². The second-order valence-electron chi connectivity index (χ2n) is 6.65. The van der Waals surface area contributed by atoms with Crippen molar-refractivity contribution in [2.75, 3.05) is 23.7 Å². The van der Waals surface area contributed by atoms with Gasteiger partial charge in [0.05, 0.1) is 10.6 Å². The Morgan fingerprint density at radius 1 is 1.04 bits per heavy atom. The van der Waals surface area contributed by atoms with Gasteiger partial charge in [-0.05, 0) is 61.8 Å². The quantitative estimate of drug-likeness (QED) is 0.717. The first-order valence-corrected chi connectivity index (χ1v) is 10.8. The molecule has 0 aromatic heterocycles. The van der Waals surface area contributed by atoms with Gasteiger partial charge in [0.15, 0.2) is 5.11 Å². The third-order valence-corrected chi connectivity index (χ3v) is 6.80. The summed E-state index contributed by atoms with van der Waals surface area (Å²) in [4.78, 5) is 0.218. The molecule has 2 aromatic rings. The van der Waals surface area contributed by atoms with E-state index in [9.17, 15) is 17.2 Å². The highest BCUT2D eigenvalue weighted by Crippen LogP contribution is 2.26. The van der Waals surface area contributed by atoms with E-state index in [0.29, 0.717) is 24.3 Å². The number of thiocarbonyl (C=S) groups is 1. The zero-order valence-electron chi connectivity index (χ0n) is 15.3. The van der Waals surface area contributed by atoms with Crippen LogP contribution >= 0.6 is 12.2 Å². The first kappa shape index (κ1) is 20.6. The summed E-state index contributed by atoms with van der Waals surface area (Å²) in [7, 11) is -3.59. The maximum atomic E-state index is 13.8. The summed E-state index contributed by atoms with van der Waals surface area (Å²) in [6.07, 6.45) is 2.74. The number of benzene rings is 2. The van der Waals surface area contributed by atoms with Crippen LogP contribution in [0.25, 0.3) is 0 Å². The van der Waals surface area contributed by atoms with Crippen LogP contribution in [0.5, 0.6) is 0 Å². The molecule has 1 aliphatic rings. The van der Waals surface area contributed by atoms with Gasteiger partial charge >= 0.3 is 0 Å². The number of rotatable bonds is 4. The third-order valence-electron chi connectivity index (χ3n) is 4.56. The molecule has 150 valence electrons. The maximum Gasteiger partial charge on any atom is 0.243 e. The highest BCUT2D eigenvalue weighted by Gasteiger charge is 2.27. The van der Waals surface area contributed by atoms with Crippen LogP contribution < -0.4 is 10.6 Å². The van der Waals surface area contributed by atoms with E-state index >= 15 is 0 Å². The summed E-state index contributed by atoms with van der Waals surface area (Å²) in [6, 6.07) is 8.01. The lowest BCUT2D eigenvalue weighted by Crippen LogP contribution is -2.36. The smallest absolute Gasteiger partial charge is 0.243 e. The molecule has 2 aromatic carbocycles. The Hall–Kier alpha value is -2.10. The zero-order valence-corrected chi connectivity index (χ0v) is 17.0. The second-order valence-corrected chi connectivity index (χ2v) is 8.96. The van der Waals surface area contributed by atoms with Crippen LogP contribution in [0.3, 0.4) is 0 Å².